The van der Waals surface area contributed by atoms with Gasteiger partial charge in [0, 0.05) is 25.7 Å². The van der Waals surface area contributed by atoms with Gasteiger partial charge in [-0.15, -0.1) is 0 Å². The molecule has 2 rings (SSSR count). The molecule has 3 atom stereocenters. The van der Waals surface area contributed by atoms with E-state index in [2.05, 4.69) is 10.2 Å². The van der Waals surface area contributed by atoms with Crippen LogP contribution in [0.1, 0.15) is 26.2 Å². The average Bonchev–Trinajstić information content (AvgIpc) is 2.72. The molecule has 2 aliphatic rings. The van der Waals surface area contributed by atoms with Crippen molar-refractivity contribution in [1.29, 1.82) is 0 Å². The Morgan fingerprint density at radius 1 is 1.25 bits per heavy atom. The number of aliphatic hydroxyl groups excluding tert-OH is 1. The van der Waals surface area contributed by atoms with Gasteiger partial charge >= 0.3 is 12.0 Å². The molecule has 2 amide bonds. The van der Waals surface area contributed by atoms with Crippen LogP contribution in [0.4, 0.5) is 4.79 Å². The minimum absolute atomic E-state index is 0.387. The monoisotopic (exact) mass is 285 g/mol. The van der Waals surface area contributed by atoms with Crippen molar-refractivity contribution in [3.8, 4) is 0 Å². The molecule has 2 heterocycles. The number of nitrogens with one attached hydrogen (secondary N) is 1. The Morgan fingerprint density at radius 3 is 2.60 bits per heavy atom. The fourth-order valence-electron chi connectivity index (χ4n) is 3.00. The first-order valence-electron chi connectivity index (χ1n) is 7.19. The lowest BCUT2D eigenvalue weighted by Crippen LogP contribution is -2.53. The van der Waals surface area contributed by atoms with Crippen molar-refractivity contribution in [1.82, 2.24) is 15.1 Å². The van der Waals surface area contributed by atoms with E-state index in [0.29, 0.717) is 19.1 Å². The van der Waals surface area contributed by atoms with Gasteiger partial charge in [0.2, 0.25) is 0 Å². The van der Waals surface area contributed by atoms with Gasteiger partial charge in [-0.3, -0.25) is 4.90 Å². The van der Waals surface area contributed by atoms with Crippen LogP contribution < -0.4 is 5.32 Å². The van der Waals surface area contributed by atoms with Crippen molar-refractivity contribution < 1.29 is 19.8 Å². The van der Waals surface area contributed by atoms with Gasteiger partial charge < -0.3 is 20.4 Å². The molecular weight excluding hydrogens is 262 g/mol. The van der Waals surface area contributed by atoms with Crippen LogP contribution in [0.15, 0.2) is 0 Å². The highest BCUT2D eigenvalue weighted by molar-refractivity contribution is 5.83. The van der Waals surface area contributed by atoms with Gasteiger partial charge in [-0.25, -0.2) is 9.59 Å². The molecule has 2 aliphatic heterocycles. The lowest BCUT2D eigenvalue weighted by Gasteiger charge is -2.27. The molecule has 0 aliphatic carbocycles. The normalized spacial score (nSPS) is 26.5. The number of fused-ring (bicyclic) bond motifs is 1. The lowest BCUT2D eigenvalue weighted by molar-refractivity contribution is -0.141. The van der Waals surface area contributed by atoms with Crippen LogP contribution >= 0.6 is 0 Å². The zero-order valence-corrected chi connectivity index (χ0v) is 11.8. The van der Waals surface area contributed by atoms with Gasteiger partial charge in [0.25, 0.3) is 0 Å². The molecule has 7 nitrogen and oxygen atoms in total. The molecule has 0 spiro atoms. The number of hydrogen-bond acceptors (Lipinski definition) is 4. The van der Waals surface area contributed by atoms with E-state index in [9.17, 15) is 14.7 Å². The second-order valence-electron chi connectivity index (χ2n) is 5.64. The van der Waals surface area contributed by atoms with E-state index in [4.69, 9.17) is 5.11 Å². The number of amides is 2. The Morgan fingerprint density at radius 2 is 1.95 bits per heavy atom. The van der Waals surface area contributed by atoms with E-state index in [1.54, 1.807) is 4.90 Å². The van der Waals surface area contributed by atoms with Gasteiger partial charge in [-0.05, 0) is 32.7 Å². The van der Waals surface area contributed by atoms with Crippen LogP contribution in [-0.2, 0) is 4.79 Å². The van der Waals surface area contributed by atoms with Crippen molar-refractivity contribution in [2.45, 2.75) is 44.4 Å². The third-order valence-electron chi connectivity index (χ3n) is 4.12. The highest BCUT2D eigenvalue weighted by Crippen LogP contribution is 2.21. The summed E-state index contributed by atoms with van der Waals surface area (Å²) >= 11 is 0. The fraction of sp³-hybridized carbons (Fsp3) is 0.846. The predicted octanol–water partition coefficient (Wildman–Crippen LogP) is -0.300. The lowest BCUT2D eigenvalue weighted by atomic mass is 10.2. The standard InChI is InChI=1S/C13H23N3O4/c1-9(17)11(12(18)19)14-13(20)16-7-3-6-15-5-2-4-10(15)8-16/h9-11,17H,2-8H2,1H3,(H,14,20)(H,18,19). The van der Waals surface area contributed by atoms with Crippen LogP contribution in [0.5, 0.6) is 0 Å². The molecular formula is C13H23N3O4. The highest BCUT2D eigenvalue weighted by Gasteiger charge is 2.32. The molecule has 0 aromatic heterocycles. The zero-order chi connectivity index (χ0) is 14.7. The Labute approximate surface area is 118 Å². The summed E-state index contributed by atoms with van der Waals surface area (Å²) in [4.78, 5) is 27.3. The largest absolute Gasteiger partial charge is 0.480 e. The summed E-state index contributed by atoms with van der Waals surface area (Å²) in [7, 11) is 0. The smallest absolute Gasteiger partial charge is 0.328 e. The topological polar surface area (TPSA) is 93.1 Å². The minimum atomic E-state index is -1.26. The molecule has 20 heavy (non-hydrogen) atoms. The third-order valence-corrected chi connectivity index (χ3v) is 4.12. The predicted molar refractivity (Wildman–Crippen MR) is 72.4 cm³/mol. The molecule has 0 saturated carbocycles. The maximum absolute atomic E-state index is 12.2. The van der Waals surface area contributed by atoms with Crippen molar-refractivity contribution in [2.24, 2.45) is 0 Å². The van der Waals surface area contributed by atoms with Crippen LogP contribution in [0.2, 0.25) is 0 Å². The number of carbonyl (C=O) groups is 2. The van der Waals surface area contributed by atoms with Gasteiger partial charge in [0.15, 0.2) is 6.04 Å². The van der Waals surface area contributed by atoms with Gasteiger partial charge in [0.1, 0.15) is 0 Å². The second-order valence-corrected chi connectivity index (χ2v) is 5.64. The van der Waals surface area contributed by atoms with E-state index < -0.39 is 24.1 Å². The number of aliphatic hydroxyl groups is 1. The van der Waals surface area contributed by atoms with Gasteiger partial charge in [0.05, 0.1) is 6.10 Å². The molecule has 0 radical (unpaired) electrons. The second kappa shape index (κ2) is 6.41. The van der Waals surface area contributed by atoms with Crippen molar-refractivity contribution in [3.63, 3.8) is 0 Å². The molecule has 0 bridgehead atoms. The molecule has 2 saturated heterocycles. The Balaban J connectivity index is 1.95. The number of hydrogen-bond donors (Lipinski definition) is 3. The van der Waals surface area contributed by atoms with Crippen molar-refractivity contribution in [2.75, 3.05) is 26.2 Å². The number of carboxylic acids is 1. The molecule has 0 aromatic rings. The fourth-order valence-corrected chi connectivity index (χ4v) is 3.00. The van der Waals surface area contributed by atoms with Crippen molar-refractivity contribution in [3.05, 3.63) is 0 Å². The van der Waals surface area contributed by atoms with E-state index in [-0.39, 0.29) is 0 Å². The number of nitrogens with zero attached hydrogens (tertiary/aromatic N) is 2. The number of carboxylic acid groups (broad SMARTS) is 1. The molecule has 2 fully saturated rings. The maximum Gasteiger partial charge on any atom is 0.328 e. The summed E-state index contributed by atoms with van der Waals surface area (Å²) in [5.41, 5.74) is 0. The highest BCUT2D eigenvalue weighted by atomic mass is 16.4. The molecule has 3 unspecified atom stereocenters. The van der Waals surface area contributed by atoms with Crippen LogP contribution in [-0.4, -0.2) is 76.4 Å². The Kier molecular flexibility index (Phi) is 4.82. The van der Waals surface area contributed by atoms with Crippen LogP contribution in [0.3, 0.4) is 0 Å². The number of carbonyl (C=O) groups excluding carboxylic acids is 1. The van der Waals surface area contributed by atoms with E-state index >= 15 is 0 Å². The third kappa shape index (κ3) is 3.40. The molecule has 114 valence electrons. The Hall–Kier alpha value is -1.34. The first-order valence-corrected chi connectivity index (χ1v) is 7.19. The molecule has 0 aromatic carbocycles. The van der Waals surface area contributed by atoms with E-state index in [1.807, 2.05) is 0 Å². The summed E-state index contributed by atoms with van der Waals surface area (Å²) in [5, 5.41) is 20.8. The maximum atomic E-state index is 12.2. The Bertz CT molecular complexity index is 375. The number of rotatable bonds is 3. The molecule has 3 N–H and O–H groups in total. The summed E-state index contributed by atoms with van der Waals surface area (Å²) < 4.78 is 0. The summed E-state index contributed by atoms with van der Waals surface area (Å²) in [6.45, 7) is 4.71. The first kappa shape index (κ1) is 15.1. The summed E-state index contributed by atoms with van der Waals surface area (Å²) in [5.74, 6) is -1.22. The summed E-state index contributed by atoms with van der Waals surface area (Å²) in [6, 6.07) is -1.27. The zero-order valence-electron chi connectivity index (χ0n) is 11.8. The van der Waals surface area contributed by atoms with Crippen molar-refractivity contribution >= 4 is 12.0 Å². The first-order chi connectivity index (χ1) is 9.49. The number of aliphatic carboxylic acids is 1. The van der Waals surface area contributed by atoms with Crippen LogP contribution in [0, 0.1) is 0 Å². The quantitative estimate of drug-likeness (QED) is 0.662. The van der Waals surface area contributed by atoms with Crippen LogP contribution in [0.25, 0.3) is 0 Å². The van der Waals surface area contributed by atoms with Gasteiger partial charge in [-0.2, -0.15) is 0 Å². The van der Waals surface area contributed by atoms with E-state index in [0.717, 1.165) is 32.4 Å². The molecule has 7 heteroatoms. The summed E-state index contributed by atoms with van der Waals surface area (Å²) in [6.07, 6.45) is 2.02. The number of urea groups is 1. The minimum Gasteiger partial charge on any atom is -0.480 e. The van der Waals surface area contributed by atoms with Gasteiger partial charge in [-0.1, -0.05) is 0 Å². The SMILES string of the molecule is CC(O)C(NC(=O)N1CCCN2CCCC2C1)C(=O)O. The van der Waals surface area contributed by atoms with E-state index in [1.165, 1.54) is 6.92 Å². The average molecular weight is 285 g/mol.